The molecule has 2 rings (SSSR count). The van der Waals surface area contributed by atoms with Gasteiger partial charge in [0, 0.05) is 17.5 Å². The predicted octanol–water partition coefficient (Wildman–Crippen LogP) is 2.79. The van der Waals surface area contributed by atoms with E-state index in [0.717, 1.165) is 0 Å². The first-order valence-electron chi connectivity index (χ1n) is 6.42. The molecule has 1 aromatic carbocycles. The summed E-state index contributed by atoms with van der Waals surface area (Å²) in [5.41, 5.74) is 0.577. The van der Waals surface area contributed by atoms with Gasteiger partial charge in [0.15, 0.2) is 0 Å². The van der Waals surface area contributed by atoms with Crippen LogP contribution in [0.25, 0.3) is 0 Å². The second-order valence-electron chi connectivity index (χ2n) is 5.00. The van der Waals surface area contributed by atoms with Gasteiger partial charge in [0.25, 0.3) is 5.69 Å². The zero-order valence-corrected chi connectivity index (χ0v) is 11.8. The number of nitro benzene ring substituents is 1. The summed E-state index contributed by atoms with van der Waals surface area (Å²) in [6.07, 6.45) is 4.10. The van der Waals surface area contributed by atoms with Gasteiger partial charge in [0.05, 0.1) is 18.2 Å². The minimum Gasteiger partial charge on any atom is -0.419 e. The minimum atomic E-state index is -0.474. The monoisotopic (exact) mass is 290 g/mol. The Morgan fingerprint density at radius 2 is 2.19 bits per heavy atom. The molecule has 21 heavy (non-hydrogen) atoms. The van der Waals surface area contributed by atoms with Crippen molar-refractivity contribution in [3.8, 4) is 0 Å². The van der Waals surface area contributed by atoms with Crippen LogP contribution in [0.1, 0.15) is 18.4 Å². The van der Waals surface area contributed by atoms with Crippen LogP contribution in [0.5, 0.6) is 0 Å². The van der Waals surface area contributed by atoms with Gasteiger partial charge in [0.2, 0.25) is 6.34 Å². The molecule has 1 heterocycles. The molecule has 110 valence electrons. The third-order valence-electron chi connectivity index (χ3n) is 3.28. The third-order valence-corrected chi connectivity index (χ3v) is 3.28. The highest BCUT2D eigenvalue weighted by atomic mass is 16.6. The van der Waals surface area contributed by atoms with Crippen molar-refractivity contribution in [2.75, 3.05) is 13.7 Å². The minimum absolute atomic E-state index is 0.0316. The number of benzene rings is 1. The van der Waals surface area contributed by atoms with E-state index in [1.54, 1.807) is 38.4 Å². The van der Waals surface area contributed by atoms with Crippen LogP contribution in [0.3, 0.4) is 0 Å². The van der Waals surface area contributed by atoms with E-state index in [1.165, 1.54) is 18.6 Å². The van der Waals surface area contributed by atoms with E-state index in [4.69, 9.17) is 4.74 Å². The molecule has 1 amide bonds. The van der Waals surface area contributed by atoms with E-state index in [0.29, 0.717) is 5.56 Å². The molecule has 1 aliphatic heterocycles. The van der Waals surface area contributed by atoms with E-state index in [-0.39, 0.29) is 22.7 Å². The maximum Gasteiger partial charge on any atom is 0.526 e. The van der Waals surface area contributed by atoms with Crippen LogP contribution in [0.15, 0.2) is 41.7 Å². The van der Waals surface area contributed by atoms with Crippen LogP contribution in [-0.2, 0) is 4.74 Å². The number of para-hydroxylation sites is 1. The van der Waals surface area contributed by atoms with Crippen molar-refractivity contribution in [2.24, 2.45) is 4.99 Å². The van der Waals surface area contributed by atoms with Gasteiger partial charge < -0.3 is 4.74 Å². The first-order valence-corrected chi connectivity index (χ1v) is 6.42. The topological polar surface area (TPSA) is 81.8 Å². The summed E-state index contributed by atoms with van der Waals surface area (Å²) < 4.78 is 5.08. The molecule has 2 unspecified atom stereocenters. The van der Waals surface area contributed by atoms with Crippen molar-refractivity contribution in [3.05, 3.63) is 52.3 Å². The zero-order chi connectivity index (χ0) is 15.5. The number of carbonyl (C=O) groups excluding carboxylic acids is 1. The Labute approximate surface area is 121 Å². The summed E-state index contributed by atoms with van der Waals surface area (Å²) in [6.45, 7) is 1.85. The lowest BCUT2D eigenvalue weighted by Crippen LogP contribution is -2.42. The van der Waals surface area contributed by atoms with E-state index >= 15 is 0 Å². The fourth-order valence-electron chi connectivity index (χ4n) is 2.00. The lowest BCUT2D eigenvalue weighted by atomic mass is 10.0. The van der Waals surface area contributed by atoms with Crippen molar-refractivity contribution in [1.29, 1.82) is 0 Å². The van der Waals surface area contributed by atoms with Gasteiger partial charge >= 0.3 is 6.09 Å². The number of carbonyl (C=O) groups is 1. The molecule has 0 fully saturated rings. The number of quaternary nitrogens is 1. The Morgan fingerprint density at radius 1 is 1.48 bits per heavy atom. The van der Waals surface area contributed by atoms with Gasteiger partial charge in [-0.15, -0.1) is 0 Å². The summed E-state index contributed by atoms with van der Waals surface area (Å²) >= 11 is 0. The summed E-state index contributed by atoms with van der Waals surface area (Å²) in [5.74, 6) is -0.273. The highest BCUT2D eigenvalue weighted by Crippen LogP contribution is 2.26. The van der Waals surface area contributed by atoms with E-state index in [1.807, 2.05) is 0 Å². The van der Waals surface area contributed by atoms with Crippen LogP contribution < -0.4 is 0 Å². The van der Waals surface area contributed by atoms with Crippen molar-refractivity contribution in [3.63, 3.8) is 0 Å². The van der Waals surface area contributed by atoms with E-state index in [2.05, 4.69) is 4.99 Å². The smallest absolute Gasteiger partial charge is 0.419 e. The Kier molecular flexibility index (Phi) is 4.13. The Morgan fingerprint density at radius 3 is 2.81 bits per heavy atom. The highest BCUT2D eigenvalue weighted by molar-refractivity contribution is 5.73. The second kappa shape index (κ2) is 5.84. The molecule has 0 saturated heterocycles. The maximum absolute atomic E-state index is 12.0. The number of nitro groups is 1. The molecule has 0 bridgehead atoms. The summed E-state index contributed by atoms with van der Waals surface area (Å²) in [7, 11) is 1.64. The molecule has 0 spiro atoms. The quantitative estimate of drug-likeness (QED) is 0.485. The molecule has 0 N–H and O–H groups in total. The highest BCUT2D eigenvalue weighted by Gasteiger charge is 2.33. The van der Waals surface area contributed by atoms with Crippen LogP contribution >= 0.6 is 0 Å². The molecule has 7 nitrogen and oxygen atoms in total. The van der Waals surface area contributed by atoms with Crippen LogP contribution in [0.2, 0.25) is 0 Å². The van der Waals surface area contributed by atoms with Crippen molar-refractivity contribution >= 4 is 18.1 Å². The molecule has 0 aliphatic carbocycles. The molecule has 7 heteroatoms. The summed E-state index contributed by atoms with van der Waals surface area (Å²) in [4.78, 5) is 26.4. The van der Waals surface area contributed by atoms with Gasteiger partial charge in [-0.25, -0.2) is 4.99 Å². The second-order valence-corrected chi connectivity index (χ2v) is 5.00. The third kappa shape index (κ3) is 3.14. The van der Waals surface area contributed by atoms with Crippen LogP contribution in [0.4, 0.5) is 10.5 Å². The largest absolute Gasteiger partial charge is 0.526 e. The SMILES string of the molecule is CC(COC(=O)[N+]1(C)C=CN=C1)c1ccccc1[N+](=O)[O-]. The van der Waals surface area contributed by atoms with Gasteiger partial charge in [-0.1, -0.05) is 25.1 Å². The molecule has 1 aliphatic rings. The molecule has 0 aromatic heterocycles. The molecule has 2 atom stereocenters. The number of rotatable bonds is 4. The standard InChI is InChI=1S/C14H16N3O4/c1-11(12-5-3-4-6-13(12)16(19)20)9-21-14(18)17(2)8-7-15-10-17/h3-8,10-11H,9H2,1-2H3/q+1. The summed E-state index contributed by atoms with van der Waals surface area (Å²) in [6, 6.07) is 6.45. The van der Waals surface area contributed by atoms with Crippen molar-refractivity contribution in [2.45, 2.75) is 12.8 Å². The predicted molar refractivity (Wildman–Crippen MR) is 76.7 cm³/mol. The fraction of sp³-hybridized carbons (Fsp3) is 0.286. The Hall–Kier alpha value is -2.54. The molecular weight excluding hydrogens is 274 g/mol. The number of amides is 1. The van der Waals surface area contributed by atoms with Gasteiger partial charge in [-0.05, 0) is 0 Å². The molecule has 0 saturated carbocycles. The molecular formula is C14H16N3O4+. The maximum atomic E-state index is 12.0. The molecule has 0 radical (unpaired) electrons. The van der Waals surface area contributed by atoms with E-state index in [9.17, 15) is 14.9 Å². The lowest BCUT2D eigenvalue weighted by Gasteiger charge is -2.19. The lowest BCUT2D eigenvalue weighted by molar-refractivity contribution is -0.676. The normalized spacial score (nSPS) is 21.2. The van der Waals surface area contributed by atoms with Gasteiger partial charge in [-0.2, -0.15) is 9.28 Å². The first-order chi connectivity index (χ1) is 9.94. The van der Waals surface area contributed by atoms with E-state index < -0.39 is 11.0 Å². The van der Waals surface area contributed by atoms with Gasteiger partial charge in [0.1, 0.15) is 12.8 Å². The Balaban J connectivity index is 2.04. The zero-order valence-electron chi connectivity index (χ0n) is 11.8. The van der Waals surface area contributed by atoms with Crippen LogP contribution in [0, 0.1) is 10.1 Å². The van der Waals surface area contributed by atoms with Crippen molar-refractivity contribution in [1.82, 2.24) is 0 Å². The average Bonchev–Trinajstić information content (AvgIpc) is 2.92. The number of aliphatic imine (C=N–C) groups is 1. The number of hydrogen-bond donors (Lipinski definition) is 0. The number of hydrogen-bond acceptors (Lipinski definition) is 5. The van der Waals surface area contributed by atoms with Crippen LogP contribution in [-0.4, -0.2) is 35.5 Å². The summed E-state index contributed by atoms with van der Waals surface area (Å²) in [5, 5.41) is 11.0. The average molecular weight is 290 g/mol. The Bertz CT molecular complexity index is 612. The van der Waals surface area contributed by atoms with Gasteiger partial charge in [-0.3, -0.25) is 10.1 Å². The number of ether oxygens (including phenoxy) is 1. The first kappa shape index (κ1) is 14.9. The fourth-order valence-corrected chi connectivity index (χ4v) is 2.00. The molecule has 1 aromatic rings. The van der Waals surface area contributed by atoms with Crippen molar-refractivity contribution < 1.29 is 18.9 Å². The number of nitrogens with zero attached hydrogens (tertiary/aromatic N) is 3.